The maximum Gasteiger partial charge on any atom is 0.00822 e. The summed E-state index contributed by atoms with van der Waals surface area (Å²) in [4.78, 5) is 0. The highest BCUT2D eigenvalue weighted by atomic mass is 15.0. The lowest BCUT2D eigenvalue weighted by Crippen LogP contribution is -2.34. The topological polar surface area (TPSA) is 24.1 Å². The van der Waals surface area contributed by atoms with Gasteiger partial charge in [0.25, 0.3) is 0 Å². The van der Waals surface area contributed by atoms with E-state index in [1.54, 1.807) is 0 Å². The molecule has 0 bridgehead atoms. The Bertz CT molecular complexity index is 164. The number of rotatable bonds is 10. The second kappa shape index (κ2) is 9.90. The van der Waals surface area contributed by atoms with Gasteiger partial charge in [0.1, 0.15) is 0 Å². The largest absolute Gasteiger partial charge is 0.314 e. The van der Waals surface area contributed by atoms with Crippen molar-refractivity contribution in [3.05, 3.63) is 0 Å². The van der Waals surface area contributed by atoms with E-state index in [0.29, 0.717) is 6.04 Å². The van der Waals surface area contributed by atoms with Gasteiger partial charge in [-0.25, -0.2) is 0 Å². The van der Waals surface area contributed by atoms with Gasteiger partial charge >= 0.3 is 0 Å². The van der Waals surface area contributed by atoms with Gasteiger partial charge in [-0.2, -0.15) is 0 Å². The van der Waals surface area contributed by atoms with Crippen molar-refractivity contribution in [2.75, 3.05) is 13.1 Å². The molecule has 0 aromatic heterocycles. The Hall–Kier alpha value is -0.0800. The number of nitrogens with one attached hydrogen (secondary N) is 2. The average molecular weight is 240 g/mol. The molecule has 2 N–H and O–H groups in total. The molecule has 1 saturated heterocycles. The quantitative estimate of drug-likeness (QED) is 0.571. The summed E-state index contributed by atoms with van der Waals surface area (Å²) in [7, 11) is 0. The van der Waals surface area contributed by atoms with Crippen LogP contribution in [0.2, 0.25) is 0 Å². The van der Waals surface area contributed by atoms with Crippen LogP contribution in [0.25, 0.3) is 0 Å². The second-order valence-corrected chi connectivity index (χ2v) is 5.65. The van der Waals surface area contributed by atoms with Crippen molar-refractivity contribution in [3.8, 4) is 0 Å². The van der Waals surface area contributed by atoms with Crippen molar-refractivity contribution in [1.82, 2.24) is 10.6 Å². The van der Waals surface area contributed by atoms with Crippen molar-refractivity contribution in [3.63, 3.8) is 0 Å². The highest BCUT2D eigenvalue weighted by molar-refractivity contribution is 4.78. The maximum absolute atomic E-state index is 3.66. The average Bonchev–Trinajstić information content (AvgIpc) is 2.80. The fraction of sp³-hybridized carbons (Fsp3) is 1.00. The Morgan fingerprint density at radius 2 is 1.94 bits per heavy atom. The SMILES string of the molecule is CCCCCCCCNC(C)CC1CCCN1. The van der Waals surface area contributed by atoms with Gasteiger partial charge in [-0.05, 0) is 45.7 Å². The third-order valence-corrected chi connectivity index (χ3v) is 3.82. The zero-order chi connectivity index (χ0) is 12.3. The fourth-order valence-corrected chi connectivity index (χ4v) is 2.72. The van der Waals surface area contributed by atoms with E-state index in [0.717, 1.165) is 6.04 Å². The normalized spacial score (nSPS) is 21.9. The monoisotopic (exact) mass is 240 g/mol. The minimum Gasteiger partial charge on any atom is -0.314 e. The molecule has 102 valence electrons. The Morgan fingerprint density at radius 3 is 2.65 bits per heavy atom. The predicted octanol–water partition coefficient (Wildman–Crippen LogP) is 3.47. The molecule has 1 aliphatic rings. The third-order valence-electron chi connectivity index (χ3n) is 3.82. The molecule has 0 aromatic carbocycles. The highest BCUT2D eigenvalue weighted by Gasteiger charge is 2.16. The van der Waals surface area contributed by atoms with Gasteiger partial charge in [0.05, 0.1) is 0 Å². The zero-order valence-electron chi connectivity index (χ0n) is 11.9. The van der Waals surface area contributed by atoms with E-state index in [1.807, 2.05) is 0 Å². The van der Waals surface area contributed by atoms with E-state index in [4.69, 9.17) is 0 Å². The minimum atomic E-state index is 0.682. The smallest absolute Gasteiger partial charge is 0.00822 e. The molecule has 17 heavy (non-hydrogen) atoms. The molecule has 2 nitrogen and oxygen atoms in total. The van der Waals surface area contributed by atoms with Crippen LogP contribution in [0, 0.1) is 0 Å². The molecule has 0 amide bonds. The van der Waals surface area contributed by atoms with Crippen molar-refractivity contribution in [1.29, 1.82) is 0 Å². The molecular weight excluding hydrogens is 208 g/mol. The summed E-state index contributed by atoms with van der Waals surface area (Å²) in [5.41, 5.74) is 0. The molecule has 2 unspecified atom stereocenters. The van der Waals surface area contributed by atoms with Crippen LogP contribution in [-0.2, 0) is 0 Å². The summed E-state index contributed by atoms with van der Waals surface area (Å²) in [6.45, 7) is 7.05. The van der Waals surface area contributed by atoms with Crippen LogP contribution in [-0.4, -0.2) is 25.2 Å². The lowest BCUT2D eigenvalue weighted by molar-refractivity contribution is 0.433. The van der Waals surface area contributed by atoms with E-state index in [9.17, 15) is 0 Å². The fourth-order valence-electron chi connectivity index (χ4n) is 2.72. The minimum absolute atomic E-state index is 0.682. The first-order valence-corrected chi connectivity index (χ1v) is 7.79. The molecule has 0 aliphatic carbocycles. The molecule has 0 saturated carbocycles. The van der Waals surface area contributed by atoms with E-state index in [-0.39, 0.29) is 0 Å². The second-order valence-electron chi connectivity index (χ2n) is 5.65. The van der Waals surface area contributed by atoms with Crippen LogP contribution in [0.15, 0.2) is 0 Å². The molecule has 0 spiro atoms. The van der Waals surface area contributed by atoms with Gasteiger partial charge < -0.3 is 10.6 Å². The van der Waals surface area contributed by atoms with Gasteiger partial charge in [0.15, 0.2) is 0 Å². The molecule has 2 atom stereocenters. The molecule has 0 aromatic rings. The molecule has 1 heterocycles. The van der Waals surface area contributed by atoms with Crippen LogP contribution in [0.1, 0.15) is 71.6 Å². The van der Waals surface area contributed by atoms with Crippen molar-refractivity contribution in [2.45, 2.75) is 83.7 Å². The summed E-state index contributed by atoms with van der Waals surface area (Å²) < 4.78 is 0. The number of hydrogen-bond donors (Lipinski definition) is 2. The van der Waals surface area contributed by atoms with Crippen molar-refractivity contribution < 1.29 is 0 Å². The first-order chi connectivity index (χ1) is 8.33. The van der Waals surface area contributed by atoms with E-state index >= 15 is 0 Å². The Morgan fingerprint density at radius 1 is 1.18 bits per heavy atom. The summed E-state index contributed by atoms with van der Waals surface area (Å²) in [5, 5.41) is 7.23. The first-order valence-electron chi connectivity index (χ1n) is 7.79. The van der Waals surface area contributed by atoms with E-state index in [2.05, 4.69) is 24.5 Å². The summed E-state index contributed by atoms with van der Waals surface area (Å²) >= 11 is 0. The molecular formula is C15H32N2. The third kappa shape index (κ3) is 7.77. The van der Waals surface area contributed by atoms with E-state index < -0.39 is 0 Å². The lowest BCUT2D eigenvalue weighted by atomic mass is 10.1. The van der Waals surface area contributed by atoms with Gasteiger partial charge in [0, 0.05) is 12.1 Å². The van der Waals surface area contributed by atoms with E-state index in [1.165, 1.54) is 70.9 Å². The zero-order valence-corrected chi connectivity index (χ0v) is 11.9. The number of unbranched alkanes of at least 4 members (excludes halogenated alkanes) is 5. The Labute approximate surface area is 108 Å². The van der Waals surface area contributed by atoms with Gasteiger partial charge in [-0.15, -0.1) is 0 Å². The summed E-state index contributed by atoms with van der Waals surface area (Å²) in [6, 6.07) is 1.46. The van der Waals surface area contributed by atoms with Crippen molar-refractivity contribution >= 4 is 0 Å². The van der Waals surface area contributed by atoms with Gasteiger partial charge in [-0.1, -0.05) is 39.0 Å². The molecule has 2 heteroatoms. The first kappa shape index (κ1) is 15.0. The molecule has 1 fully saturated rings. The maximum atomic E-state index is 3.66. The van der Waals surface area contributed by atoms with Gasteiger partial charge in [0.2, 0.25) is 0 Å². The molecule has 1 rings (SSSR count). The van der Waals surface area contributed by atoms with Crippen LogP contribution in [0.4, 0.5) is 0 Å². The predicted molar refractivity (Wildman–Crippen MR) is 76.5 cm³/mol. The Balaban J connectivity index is 1.84. The number of hydrogen-bond acceptors (Lipinski definition) is 2. The van der Waals surface area contributed by atoms with Crippen LogP contribution < -0.4 is 10.6 Å². The molecule has 0 radical (unpaired) electrons. The standard InChI is InChI=1S/C15H32N2/c1-3-4-5-6-7-8-11-16-14(2)13-15-10-9-12-17-15/h14-17H,3-13H2,1-2H3. The van der Waals surface area contributed by atoms with Crippen LogP contribution >= 0.6 is 0 Å². The molecule has 1 aliphatic heterocycles. The van der Waals surface area contributed by atoms with Crippen LogP contribution in [0.5, 0.6) is 0 Å². The summed E-state index contributed by atoms with van der Waals surface area (Å²) in [6.07, 6.45) is 12.4. The van der Waals surface area contributed by atoms with Crippen molar-refractivity contribution in [2.24, 2.45) is 0 Å². The summed E-state index contributed by atoms with van der Waals surface area (Å²) in [5.74, 6) is 0. The van der Waals surface area contributed by atoms with Gasteiger partial charge in [-0.3, -0.25) is 0 Å². The van der Waals surface area contributed by atoms with Crippen LogP contribution in [0.3, 0.4) is 0 Å². The Kier molecular flexibility index (Phi) is 8.72. The highest BCUT2D eigenvalue weighted by Crippen LogP contribution is 2.11. The lowest BCUT2D eigenvalue weighted by Gasteiger charge is -2.18.